The summed E-state index contributed by atoms with van der Waals surface area (Å²) in [5.41, 5.74) is 1.04. The van der Waals surface area contributed by atoms with Gasteiger partial charge in [-0.25, -0.2) is 18.4 Å². The van der Waals surface area contributed by atoms with Gasteiger partial charge in [0, 0.05) is 12.2 Å². The molecule has 3 rings (SSSR count). The van der Waals surface area contributed by atoms with Crippen LogP contribution in [-0.2, 0) is 14.6 Å². The number of aliphatic hydroxyl groups is 1. The largest absolute Gasteiger partial charge is 0.389 e. The van der Waals surface area contributed by atoms with Crippen molar-refractivity contribution >= 4 is 27.4 Å². The Morgan fingerprint density at radius 1 is 1.39 bits per heavy atom. The van der Waals surface area contributed by atoms with E-state index in [9.17, 15) is 13.5 Å². The average molecular weight is 426 g/mol. The van der Waals surface area contributed by atoms with E-state index in [0.29, 0.717) is 41.7 Å². The quantitative estimate of drug-likeness (QED) is 0.703. The molecule has 0 radical (unpaired) electrons. The third-order valence-corrected chi connectivity index (χ3v) is 6.69. The first kappa shape index (κ1) is 21.0. The van der Waals surface area contributed by atoms with E-state index >= 15 is 0 Å². The molecule has 2 N–H and O–H groups in total. The highest BCUT2D eigenvalue weighted by molar-refractivity contribution is 7.91. The van der Waals surface area contributed by atoms with E-state index in [4.69, 9.17) is 16.3 Å². The lowest BCUT2D eigenvalue weighted by Crippen LogP contribution is -2.42. The fourth-order valence-electron chi connectivity index (χ4n) is 2.99. The summed E-state index contributed by atoms with van der Waals surface area (Å²) < 4.78 is 30.2. The highest BCUT2D eigenvalue weighted by Crippen LogP contribution is 2.29. The lowest BCUT2D eigenvalue weighted by Gasteiger charge is -2.28. The molecule has 0 bridgehead atoms. The first-order chi connectivity index (χ1) is 13.4. The van der Waals surface area contributed by atoms with E-state index in [1.807, 2.05) is 6.92 Å². The third kappa shape index (κ3) is 5.00. The number of rotatable bonds is 7. The van der Waals surface area contributed by atoms with Gasteiger partial charge in [-0.15, -0.1) is 0 Å². The van der Waals surface area contributed by atoms with E-state index < -0.39 is 15.9 Å². The maximum Gasteiger partial charge on any atom is 0.223 e. The minimum atomic E-state index is -3.35. The molecule has 2 atom stereocenters. The predicted octanol–water partition coefficient (Wildman–Crippen LogP) is 2.93. The topological polar surface area (TPSA) is 101 Å². The lowest BCUT2D eigenvalue weighted by atomic mass is 10.1. The monoisotopic (exact) mass is 425 g/mol. The number of sulfone groups is 1. The van der Waals surface area contributed by atoms with Gasteiger partial charge in [-0.3, -0.25) is 0 Å². The molecular formula is C19H24ClN3O4S. The Morgan fingerprint density at radius 3 is 2.96 bits per heavy atom. The number of nitrogens with zero attached hydrogens (tertiary/aromatic N) is 2. The molecule has 0 amide bonds. The SMILES string of the molecule is CCCCS(=O)(=O)c1cccc(-c2nc(N[C@@H]3CCOC[C@H]3O)ncc2Cl)c1. The fraction of sp³-hybridized carbons (Fsp3) is 0.474. The Labute approximate surface area is 170 Å². The summed E-state index contributed by atoms with van der Waals surface area (Å²) in [5.74, 6) is 0.434. The van der Waals surface area contributed by atoms with Crippen molar-refractivity contribution in [1.29, 1.82) is 0 Å². The second kappa shape index (κ2) is 9.17. The van der Waals surface area contributed by atoms with Crippen LogP contribution in [0.2, 0.25) is 5.02 Å². The predicted molar refractivity (Wildman–Crippen MR) is 108 cm³/mol. The summed E-state index contributed by atoms with van der Waals surface area (Å²) in [6.07, 6.45) is 2.87. The smallest absolute Gasteiger partial charge is 0.223 e. The van der Waals surface area contributed by atoms with Crippen LogP contribution in [0.1, 0.15) is 26.2 Å². The standard InChI is InChI=1S/C19H24ClN3O4S/c1-2-3-9-28(25,26)14-6-4-5-13(10-14)18-15(20)11-21-19(23-18)22-16-7-8-27-12-17(16)24/h4-6,10-11,16-17,24H,2-3,7-9,12H2,1H3,(H,21,22,23)/t16-,17-/m1/s1. The Morgan fingerprint density at radius 2 is 2.21 bits per heavy atom. The number of anilines is 1. The first-order valence-electron chi connectivity index (χ1n) is 9.29. The Balaban J connectivity index is 1.88. The number of aromatic nitrogens is 2. The fourth-order valence-corrected chi connectivity index (χ4v) is 4.68. The van der Waals surface area contributed by atoms with Crippen molar-refractivity contribution in [2.24, 2.45) is 0 Å². The Hall–Kier alpha value is -1.74. The molecule has 1 aliphatic rings. The molecule has 0 unspecified atom stereocenters. The first-order valence-corrected chi connectivity index (χ1v) is 11.3. The molecule has 28 heavy (non-hydrogen) atoms. The molecule has 2 aromatic rings. The van der Waals surface area contributed by atoms with Gasteiger partial charge in [0.25, 0.3) is 0 Å². The van der Waals surface area contributed by atoms with E-state index in [0.717, 1.165) is 6.42 Å². The Bertz CT molecular complexity index is 923. The minimum absolute atomic E-state index is 0.110. The molecule has 1 saturated heterocycles. The summed E-state index contributed by atoms with van der Waals surface area (Å²) in [4.78, 5) is 8.89. The summed E-state index contributed by atoms with van der Waals surface area (Å²) >= 11 is 6.28. The van der Waals surface area contributed by atoms with Gasteiger partial charge in [0.15, 0.2) is 9.84 Å². The van der Waals surface area contributed by atoms with Gasteiger partial charge in [0.1, 0.15) is 0 Å². The third-order valence-electron chi connectivity index (χ3n) is 4.62. The molecular weight excluding hydrogens is 402 g/mol. The van der Waals surface area contributed by atoms with E-state index in [1.54, 1.807) is 24.3 Å². The van der Waals surface area contributed by atoms with Crippen molar-refractivity contribution in [3.63, 3.8) is 0 Å². The second-order valence-corrected chi connectivity index (χ2v) is 9.29. The van der Waals surface area contributed by atoms with Crippen LogP contribution >= 0.6 is 11.6 Å². The molecule has 1 fully saturated rings. The number of hydrogen-bond donors (Lipinski definition) is 2. The van der Waals surface area contributed by atoms with Gasteiger partial charge in [-0.05, 0) is 25.0 Å². The maximum atomic E-state index is 12.5. The maximum absolute atomic E-state index is 12.5. The van der Waals surface area contributed by atoms with Crippen LogP contribution in [0, 0.1) is 0 Å². The highest BCUT2D eigenvalue weighted by atomic mass is 35.5. The number of unbranched alkanes of at least 4 members (excludes halogenated alkanes) is 1. The van der Waals surface area contributed by atoms with Crippen molar-refractivity contribution in [2.75, 3.05) is 24.3 Å². The van der Waals surface area contributed by atoms with Crippen molar-refractivity contribution < 1.29 is 18.3 Å². The summed E-state index contributed by atoms with van der Waals surface area (Å²) in [7, 11) is -3.35. The summed E-state index contributed by atoms with van der Waals surface area (Å²) in [6, 6.07) is 6.40. The molecule has 1 aromatic carbocycles. The molecule has 152 valence electrons. The molecule has 9 heteroatoms. The van der Waals surface area contributed by atoms with Crippen LogP contribution in [0.25, 0.3) is 11.3 Å². The van der Waals surface area contributed by atoms with Crippen LogP contribution in [0.15, 0.2) is 35.4 Å². The number of benzene rings is 1. The van der Waals surface area contributed by atoms with Crippen LogP contribution in [0.5, 0.6) is 0 Å². The van der Waals surface area contributed by atoms with Crippen LogP contribution < -0.4 is 5.32 Å². The van der Waals surface area contributed by atoms with E-state index in [1.165, 1.54) is 6.20 Å². The van der Waals surface area contributed by atoms with Gasteiger partial charge in [0.05, 0.1) is 46.3 Å². The number of ether oxygens (including phenoxy) is 1. The normalized spacial score (nSPS) is 20.1. The van der Waals surface area contributed by atoms with Crippen molar-refractivity contribution in [1.82, 2.24) is 9.97 Å². The summed E-state index contributed by atoms with van der Waals surface area (Å²) in [6.45, 7) is 2.76. The molecule has 0 spiro atoms. The van der Waals surface area contributed by atoms with Crippen LogP contribution in [-0.4, -0.2) is 54.6 Å². The van der Waals surface area contributed by atoms with Crippen molar-refractivity contribution in [2.45, 2.75) is 43.2 Å². The van der Waals surface area contributed by atoms with E-state index in [-0.39, 0.29) is 23.3 Å². The zero-order valence-corrected chi connectivity index (χ0v) is 17.2. The molecule has 7 nitrogen and oxygen atoms in total. The molecule has 0 saturated carbocycles. The van der Waals surface area contributed by atoms with Crippen molar-refractivity contribution in [3.8, 4) is 11.3 Å². The molecule has 2 heterocycles. The number of hydrogen-bond acceptors (Lipinski definition) is 7. The van der Waals surface area contributed by atoms with Crippen LogP contribution in [0.3, 0.4) is 0 Å². The zero-order chi connectivity index (χ0) is 20.1. The molecule has 1 aliphatic heterocycles. The molecule has 0 aliphatic carbocycles. The Kier molecular flexibility index (Phi) is 6.87. The number of halogens is 1. The lowest BCUT2D eigenvalue weighted by molar-refractivity contribution is -0.0136. The van der Waals surface area contributed by atoms with Gasteiger partial charge >= 0.3 is 0 Å². The van der Waals surface area contributed by atoms with E-state index in [2.05, 4.69) is 15.3 Å². The highest BCUT2D eigenvalue weighted by Gasteiger charge is 2.24. The number of nitrogens with one attached hydrogen (secondary N) is 1. The van der Waals surface area contributed by atoms with Gasteiger partial charge in [-0.2, -0.15) is 0 Å². The average Bonchev–Trinajstić information content (AvgIpc) is 2.70. The van der Waals surface area contributed by atoms with Crippen molar-refractivity contribution in [3.05, 3.63) is 35.5 Å². The van der Waals surface area contributed by atoms with Gasteiger partial charge in [0.2, 0.25) is 5.95 Å². The summed E-state index contributed by atoms with van der Waals surface area (Å²) in [5, 5.41) is 13.5. The zero-order valence-electron chi connectivity index (χ0n) is 15.6. The molecule has 1 aromatic heterocycles. The van der Waals surface area contributed by atoms with Crippen LogP contribution in [0.4, 0.5) is 5.95 Å². The van der Waals surface area contributed by atoms with Gasteiger partial charge < -0.3 is 15.2 Å². The number of aliphatic hydroxyl groups excluding tert-OH is 1. The minimum Gasteiger partial charge on any atom is -0.389 e. The van der Waals surface area contributed by atoms with Gasteiger partial charge in [-0.1, -0.05) is 37.1 Å². The second-order valence-electron chi connectivity index (χ2n) is 6.77.